The van der Waals surface area contributed by atoms with Crippen LogP contribution in [0.25, 0.3) is 11.1 Å². The molecule has 2 aromatic carbocycles. The van der Waals surface area contributed by atoms with Crippen molar-refractivity contribution < 1.29 is 24.3 Å². The minimum Gasteiger partial charge on any atom is -0.481 e. The highest BCUT2D eigenvalue weighted by atomic mass is 16.4. The van der Waals surface area contributed by atoms with E-state index in [1.165, 1.54) is 6.92 Å². The summed E-state index contributed by atoms with van der Waals surface area (Å²) >= 11 is 0. The van der Waals surface area contributed by atoms with Crippen molar-refractivity contribution in [3.05, 3.63) is 60.2 Å². The molecular weight excluding hydrogens is 488 g/mol. The van der Waals surface area contributed by atoms with Crippen LogP contribution in [-0.4, -0.2) is 59.9 Å². The molecule has 0 aliphatic carbocycles. The molecule has 0 aromatic heterocycles. The number of hydrogen-bond donors (Lipinski definition) is 6. The number of nitrogens with zero attached hydrogens (tertiary/aromatic N) is 1. The molecular formula is C27H36N6O5. The lowest BCUT2D eigenvalue weighted by atomic mass is 10.00. The summed E-state index contributed by atoms with van der Waals surface area (Å²) in [6.45, 7) is 2.03. The van der Waals surface area contributed by atoms with Gasteiger partial charge in [-0.3, -0.25) is 24.2 Å². The number of benzene rings is 2. The van der Waals surface area contributed by atoms with Crippen LogP contribution in [0.5, 0.6) is 0 Å². The van der Waals surface area contributed by atoms with Crippen molar-refractivity contribution in [2.24, 2.45) is 16.5 Å². The van der Waals surface area contributed by atoms with Gasteiger partial charge in [-0.15, -0.1) is 0 Å². The van der Waals surface area contributed by atoms with E-state index in [2.05, 4.69) is 20.9 Å². The van der Waals surface area contributed by atoms with E-state index in [4.69, 9.17) is 16.6 Å². The third-order valence-electron chi connectivity index (χ3n) is 5.65. The van der Waals surface area contributed by atoms with E-state index < -0.39 is 35.8 Å². The van der Waals surface area contributed by atoms with Crippen LogP contribution < -0.4 is 27.4 Å². The molecule has 11 nitrogen and oxygen atoms in total. The molecule has 2 aromatic rings. The third kappa shape index (κ3) is 11.1. The van der Waals surface area contributed by atoms with Crippen LogP contribution in [0.2, 0.25) is 0 Å². The smallest absolute Gasteiger partial charge is 0.303 e. The number of nitrogens with one attached hydrogen (secondary N) is 3. The number of carboxylic acids is 1. The molecule has 8 N–H and O–H groups in total. The van der Waals surface area contributed by atoms with Crippen molar-refractivity contribution in [3.8, 4) is 11.1 Å². The van der Waals surface area contributed by atoms with E-state index in [9.17, 15) is 19.2 Å². The maximum atomic E-state index is 13.0. The van der Waals surface area contributed by atoms with Gasteiger partial charge in [0.05, 0.1) is 0 Å². The highest BCUT2D eigenvalue weighted by Crippen LogP contribution is 2.20. The molecule has 0 aliphatic heterocycles. The second kappa shape index (κ2) is 15.6. The molecule has 0 radical (unpaired) electrons. The number of amides is 3. The number of aliphatic carboxylic acids is 1. The van der Waals surface area contributed by atoms with Crippen LogP contribution in [0.1, 0.15) is 38.2 Å². The monoisotopic (exact) mass is 524 g/mol. The number of rotatable bonds is 15. The second-order valence-electron chi connectivity index (χ2n) is 8.82. The van der Waals surface area contributed by atoms with E-state index in [-0.39, 0.29) is 25.2 Å². The van der Waals surface area contributed by atoms with Gasteiger partial charge in [0.25, 0.3) is 0 Å². The molecule has 3 amide bonds. The number of guanidine groups is 1. The van der Waals surface area contributed by atoms with Gasteiger partial charge in [-0.05, 0) is 36.0 Å². The topological polar surface area (TPSA) is 189 Å². The van der Waals surface area contributed by atoms with Gasteiger partial charge in [0, 0.05) is 32.9 Å². The number of nitrogens with two attached hydrogens (primary N) is 2. The molecule has 11 heteroatoms. The van der Waals surface area contributed by atoms with Crippen molar-refractivity contribution in [1.29, 1.82) is 0 Å². The van der Waals surface area contributed by atoms with Gasteiger partial charge < -0.3 is 32.5 Å². The average molecular weight is 525 g/mol. The number of hydrogen-bond acceptors (Lipinski definition) is 5. The minimum absolute atomic E-state index is 0.00622. The van der Waals surface area contributed by atoms with Crippen LogP contribution in [0.3, 0.4) is 0 Å². The highest BCUT2D eigenvalue weighted by Gasteiger charge is 2.27. The van der Waals surface area contributed by atoms with Crippen molar-refractivity contribution in [3.63, 3.8) is 0 Å². The van der Waals surface area contributed by atoms with Crippen LogP contribution >= 0.6 is 0 Å². The summed E-state index contributed by atoms with van der Waals surface area (Å²) in [5.41, 5.74) is 13.5. The summed E-state index contributed by atoms with van der Waals surface area (Å²) in [5, 5.41) is 17.0. The number of carboxylic acid groups (broad SMARTS) is 1. The number of unbranched alkanes of at least 4 members (excludes halogenated alkanes) is 1. The maximum absolute atomic E-state index is 13.0. The Bertz CT molecular complexity index is 1100. The van der Waals surface area contributed by atoms with E-state index in [0.29, 0.717) is 25.9 Å². The minimum atomic E-state index is -1.10. The number of carbonyl (C=O) groups excluding carboxylic acids is 3. The van der Waals surface area contributed by atoms with Gasteiger partial charge in [0.1, 0.15) is 12.1 Å². The summed E-state index contributed by atoms with van der Waals surface area (Å²) in [5.74, 6) is -2.59. The van der Waals surface area contributed by atoms with Crippen molar-refractivity contribution in [1.82, 2.24) is 16.0 Å². The molecule has 0 spiro atoms. The summed E-state index contributed by atoms with van der Waals surface area (Å²) in [4.78, 5) is 52.5. The SMILES string of the molecule is CC(=O)N[C@H](CCC(=O)O)C(=O)N[C@H](Cc1ccc(-c2ccccc2)cc1)C(=O)NCCCCN=C(N)N. The summed E-state index contributed by atoms with van der Waals surface area (Å²) in [6, 6.07) is 15.5. The van der Waals surface area contributed by atoms with E-state index in [0.717, 1.165) is 16.7 Å². The molecule has 0 bridgehead atoms. The molecule has 38 heavy (non-hydrogen) atoms. The molecule has 2 atom stereocenters. The first-order valence-corrected chi connectivity index (χ1v) is 12.4. The van der Waals surface area contributed by atoms with Gasteiger partial charge in [-0.25, -0.2) is 0 Å². The Labute approximate surface area is 222 Å². The summed E-state index contributed by atoms with van der Waals surface area (Å²) in [7, 11) is 0. The van der Waals surface area contributed by atoms with Crippen molar-refractivity contribution >= 4 is 29.7 Å². The predicted molar refractivity (Wildman–Crippen MR) is 145 cm³/mol. The van der Waals surface area contributed by atoms with Gasteiger partial charge in [0.15, 0.2) is 5.96 Å². The zero-order valence-corrected chi connectivity index (χ0v) is 21.5. The highest BCUT2D eigenvalue weighted by molar-refractivity contribution is 5.92. The average Bonchev–Trinajstić information content (AvgIpc) is 2.88. The van der Waals surface area contributed by atoms with Crippen LogP contribution in [-0.2, 0) is 25.6 Å². The van der Waals surface area contributed by atoms with Crippen LogP contribution in [0.4, 0.5) is 0 Å². The lowest BCUT2D eigenvalue weighted by molar-refractivity contribution is -0.138. The largest absolute Gasteiger partial charge is 0.481 e. The zero-order valence-electron chi connectivity index (χ0n) is 21.5. The standard InChI is InChI=1S/C27H36N6O5/c1-18(34)32-22(13-14-24(35)36)26(38)33-23(25(37)30-15-5-6-16-31-27(28)29)17-19-9-11-21(12-10-19)20-7-3-2-4-8-20/h2-4,7-12,22-23H,5-6,13-17H2,1H3,(H,30,37)(H,32,34)(H,33,38)(H,35,36)(H4,28,29,31)/t22-,23-/m1/s1. The molecule has 2 rings (SSSR count). The Morgan fingerprint density at radius 2 is 1.53 bits per heavy atom. The van der Waals surface area contributed by atoms with E-state index >= 15 is 0 Å². The summed E-state index contributed by atoms with van der Waals surface area (Å²) in [6.07, 6.45) is 1.07. The fourth-order valence-corrected chi connectivity index (χ4v) is 3.74. The van der Waals surface area contributed by atoms with Gasteiger partial charge in [-0.1, -0.05) is 54.6 Å². The van der Waals surface area contributed by atoms with Crippen LogP contribution in [0.15, 0.2) is 59.6 Å². The van der Waals surface area contributed by atoms with Gasteiger partial charge >= 0.3 is 5.97 Å². The third-order valence-corrected chi connectivity index (χ3v) is 5.65. The first kappa shape index (κ1) is 29.8. The Balaban J connectivity index is 2.12. The van der Waals surface area contributed by atoms with Crippen molar-refractivity contribution in [2.75, 3.05) is 13.1 Å². The molecule has 0 aliphatic rings. The van der Waals surface area contributed by atoms with Gasteiger partial charge in [-0.2, -0.15) is 0 Å². The zero-order chi connectivity index (χ0) is 27.9. The normalized spacial score (nSPS) is 12.0. The Hall–Kier alpha value is -4.41. The van der Waals surface area contributed by atoms with E-state index in [1.54, 1.807) is 0 Å². The lowest BCUT2D eigenvalue weighted by Gasteiger charge is -2.23. The predicted octanol–water partition coefficient (Wildman–Crippen LogP) is 0.920. The first-order valence-electron chi connectivity index (χ1n) is 12.4. The quantitative estimate of drug-likeness (QED) is 0.113. The lowest BCUT2D eigenvalue weighted by Crippen LogP contribution is -2.54. The Morgan fingerprint density at radius 3 is 2.13 bits per heavy atom. The number of aliphatic imine (C=N–C) groups is 1. The Morgan fingerprint density at radius 1 is 0.868 bits per heavy atom. The van der Waals surface area contributed by atoms with Crippen LogP contribution in [0, 0.1) is 0 Å². The molecule has 204 valence electrons. The molecule has 0 saturated heterocycles. The molecule has 0 fully saturated rings. The summed E-state index contributed by atoms with van der Waals surface area (Å²) < 4.78 is 0. The van der Waals surface area contributed by atoms with Crippen molar-refractivity contribution in [2.45, 2.75) is 51.1 Å². The fraction of sp³-hybridized carbons (Fsp3) is 0.370. The maximum Gasteiger partial charge on any atom is 0.303 e. The fourth-order valence-electron chi connectivity index (χ4n) is 3.74. The first-order chi connectivity index (χ1) is 18.2. The molecule has 0 heterocycles. The van der Waals surface area contributed by atoms with Gasteiger partial charge in [0.2, 0.25) is 17.7 Å². The van der Waals surface area contributed by atoms with E-state index in [1.807, 2.05) is 54.6 Å². The Kier molecular flexibility index (Phi) is 12.3. The molecule has 0 unspecified atom stereocenters. The number of carbonyl (C=O) groups is 4. The molecule has 0 saturated carbocycles. The second-order valence-corrected chi connectivity index (χ2v) is 8.82.